The van der Waals surface area contributed by atoms with Gasteiger partial charge in [0.05, 0.1) is 19.2 Å². The molecule has 0 spiro atoms. The summed E-state index contributed by atoms with van der Waals surface area (Å²) in [6, 6.07) is 16.9. The van der Waals surface area contributed by atoms with Crippen LogP contribution < -0.4 is 9.64 Å². The van der Waals surface area contributed by atoms with Crippen molar-refractivity contribution in [3.05, 3.63) is 82.9 Å². The number of anilines is 1. The lowest BCUT2D eigenvalue weighted by Gasteiger charge is -2.25. The van der Waals surface area contributed by atoms with E-state index in [1.54, 1.807) is 42.5 Å². The van der Waals surface area contributed by atoms with Gasteiger partial charge in [-0.1, -0.05) is 29.8 Å². The van der Waals surface area contributed by atoms with Crippen LogP contribution in [0.3, 0.4) is 0 Å². The zero-order valence-corrected chi connectivity index (χ0v) is 19.0. The van der Waals surface area contributed by atoms with Crippen LogP contribution in [0, 0.1) is 0 Å². The maximum Gasteiger partial charge on any atom is 0.269 e. The van der Waals surface area contributed by atoms with Gasteiger partial charge in [0.2, 0.25) is 5.91 Å². The number of sulfonamides is 1. The van der Waals surface area contributed by atoms with Crippen molar-refractivity contribution in [2.24, 2.45) is 0 Å². The number of benzene rings is 3. The molecule has 0 fully saturated rings. The summed E-state index contributed by atoms with van der Waals surface area (Å²) < 4.78 is 31.5. The first-order chi connectivity index (χ1) is 15.7. The second-order valence-corrected chi connectivity index (χ2v) is 9.54. The first-order valence-corrected chi connectivity index (χ1v) is 11.6. The highest BCUT2D eigenvalue weighted by Crippen LogP contribution is 2.31. The van der Waals surface area contributed by atoms with E-state index in [4.69, 9.17) is 16.3 Å². The van der Waals surface area contributed by atoms with E-state index in [2.05, 4.69) is 0 Å². The summed E-state index contributed by atoms with van der Waals surface area (Å²) in [5.41, 5.74) is 1.11. The normalized spacial score (nSPS) is 14.1. The fraction of sp³-hybridized carbons (Fsp3) is 0.130. The molecule has 4 rings (SSSR count). The third-order valence-corrected chi connectivity index (χ3v) is 7.25. The Kier molecular flexibility index (Phi) is 6.01. The summed E-state index contributed by atoms with van der Waals surface area (Å²) in [5, 5.41) is 10.3. The van der Waals surface area contributed by atoms with E-state index in [1.807, 2.05) is 0 Å². The van der Waals surface area contributed by atoms with Crippen LogP contribution in [0.25, 0.3) is 0 Å². The second-order valence-electron chi connectivity index (χ2n) is 7.28. The molecule has 3 aromatic rings. The molecule has 0 aromatic heterocycles. The molecule has 2 amide bonds. The number of phenolic OH excluding ortho intramolecular Hbond substituents is 1. The van der Waals surface area contributed by atoms with E-state index >= 15 is 0 Å². The molecule has 3 aromatic carbocycles. The predicted octanol–water partition coefficient (Wildman–Crippen LogP) is 3.43. The van der Waals surface area contributed by atoms with Gasteiger partial charge in [-0.2, -0.15) is 0 Å². The van der Waals surface area contributed by atoms with E-state index < -0.39 is 28.4 Å². The summed E-state index contributed by atoms with van der Waals surface area (Å²) in [5.74, 6) is -1.20. The van der Waals surface area contributed by atoms with Crippen molar-refractivity contribution in [1.29, 1.82) is 0 Å². The lowest BCUT2D eigenvalue weighted by atomic mass is 10.1. The first-order valence-electron chi connectivity index (χ1n) is 9.80. The molecule has 0 radical (unpaired) electrons. The van der Waals surface area contributed by atoms with Gasteiger partial charge < -0.3 is 14.7 Å². The maximum atomic E-state index is 13.3. The Hall–Kier alpha value is -3.56. The van der Waals surface area contributed by atoms with Crippen molar-refractivity contribution in [1.82, 2.24) is 4.31 Å². The molecule has 0 aliphatic carbocycles. The zero-order chi connectivity index (χ0) is 23.8. The van der Waals surface area contributed by atoms with Crippen LogP contribution in [0.2, 0.25) is 5.02 Å². The fourth-order valence-electron chi connectivity index (χ4n) is 3.54. The maximum absolute atomic E-state index is 13.3. The van der Waals surface area contributed by atoms with Crippen molar-refractivity contribution < 1.29 is 27.9 Å². The zero-order valence-electron chi connectivity index (χ0n) is 17.4. The van der Waals surface area contributed by atoms with Crippen molar-refractivity contribution in [3.63, 3.8) is 0 Å². The van der Waals surface area contributed by atoms with Crippen LogP contribution in [0.15, 0.2) is 71.6 Å². The molecule has 8 nitrogen and oxygen atoms in total. The predicted molar refractivity (Wildman–Crippen MR) is 122 cm³/mol. The highest BCUT2D eigenvalue weighted by atomic mass is 35.5. The molecule has 170 valence electrons. The number of carbonyl (C=O) groups is 2. The molecular formula is C23H19ClN2O6S. The van der Waals surface area contributed by atoms with Gasteiger partial charge in [-0.25, -0.2) is 12.7 Å². The van der Waals surface area contributed by atoms with Gasteiger partial charge in [-0.15, -0.1) is 0 Å². The number of hydrogen-bond acceptors (Lipinski definition) is 6. The Morgan fingerprint density at radius 3 is 2.45 bits per heavy atom. The van der Waals surface area contributed by atoms with Gasteiger partial charge in [0.25, 0.3) is 15.9 Å². The fourth-order valence-corrected chi connectivity index (χ4v) is 5.19. The van der Waals surface area contributed by atoms with E-state index in [9.17, 15) is 23.1 Å². The van der Waals surface area contributed by atoms with Crippen molar-refractivity contribution in [2.75, 3.05) is 18.6 Å². The molecule has 0 atom stereocenters. The van der Waals surface area contributed by atoms with Gasteiger partial charge in [0, 0.05) is 10.7 Å². The molecule has 1 aliphatic rings. The number of fused-ring (bicyclic) bond motifs is 1. The minimum Gasteiger partial charge on any atom is -0.504 e. The molecule has 33 heavy (non-hydrogen) atoms. The van der Waals surface area contributed by atoms with Gasteiger partial charge in [-0.3, -0.25) is 9.59 Å². The van der Waals surface area contributed by atoms with Crippen molar-refractivity contribution >= 4 is 39.1 Å². The van der Waals surface area contributed by atoms with Crippen LogP contribution in [-0.4, -0.2) is 43.3 Å². The number of amides is 2. The van der Waals surface area contributed by atoms with Gasteiger partial charge in [-0.05, 0) is 54.1 Å². The summed E-state index contributed by atoms with van der Waals surface area (Å²) in [6.07, 6.45) is 0. The number of ether oxygens (including phenoxy) is 1. The Balaban J connectivity index is 1.67. The molecule has 1 N–H and O–H groups in total. The average Bonchev–Trinajstić information content (AvgIpc) is 3.00. The monoisotopic (exact) mass is 486 g/mol. The summed E-state index contributed by atoms with van der Waals surface area (Å²) in [4.78, 5) is 27.3. The molecule has 10 heteroatoms. The highest BCUT2D eigenvalue weighted by Gasteiger charge is 2.42. The van der Waals surface area contributed by atoms with E-state index in [0.29, 0.717) is 20.6 Å². The molecule has 0 saturated carbocycles. The number of phenols is 1. The largest absolute Gasteiger partial charge is 0.504 e. The standard InChI is InChI=1S/C23H19ClN2O6S/c1-32-20-12-15(6-11-19(20)27)13-25(17-9-7-16(24)8-10-17)22(28)14-26-23(29)18-4-2-3-5-21(18)33(26,30)31/h2-12,27H,13-14H2,1H3. The van der Waals surface area contributed by atoms with Gasteiger partial charge in [0.15, 0.2) is 11.5 Å². The quantitative estimate of drug-likeness (QED) is 0.572. The molecular weight excluding hydrogens is 468 g/mol. The number of nitrogens with zero attached hydrogens (tertiary/aromatic N) is 2. The smallest absolute Gasteiger partial charge is 0.269 e. The molecule has 0 saturated heterocycles. The van der Waals surface area contributed by atoms with E-state index in [0.717, 1.165) is 0 Å². The van der Waals surface area contributed by atoms with Crippen LogP contribution >= 0.6 is 11.6 Å². The number of carbonyl (C=O) groups excluding carboxylic acids is 2. The SMILES string of the molecule is COc1cc(CN(C(=O)CN2C(=O)c3ccccc3S2(=O)=O)c2ccc(Cl)cc2)ccc1O. The second kappa shape index (κ2) is 8.76. The number of rotatable bonds is 6. The Morgan fingerprint density at radius 2 is 1.79 bits per heavy atom. The Labute approximate surface area is 195 Å². The molecule has 1 heterocycles. The lowest BCUT2D eigenvalue weighted by Crippen LogP contribution is -2.42. The lowest BCUT2D eigenvalue weighted by molar-refractivity contribution is -0.118. The Morgan fingerprint density at radius 1 is 1.09 bits per heavy atom. The third-order valence-electron chi connectivity index (χ3n) is 5.22. The van der Waals surface area contributed by atoms with Crippen LogP contribution in [0.4, 0.5) is 5.69 Å². The number of aromatic hydroxyl groups is 1. The van der Waals surface area contributed by atoms with Crippen LogP contribution in [0.1, 0.15) is 15.9 Å². The summed E-state index contributed by atoms with van der Waals surface area (Å²) in [6.45, 7) is -0.639. The molecule has 0 bridgehead atoms. The van der Waals surface area contributed by atoms with Crippen LogP contribution in [-0.2, 0) is 21.4 Å². The van der Waals surface area contributed by atoms with Gasteiger partial charge in [0.1, 0.15) is 11.4 Å². The number of hydrogen-bond donors (Lipinski definition) is 1. The van der Waals surface area contributed by atoms with Crippen molar-refractivity contribution in [2.45, 2.75) is 11.4 Å². The number of halogens is 1. The van der Waals surface area contributed by atoms with E-state index in [-0.39, 0.29) is 28.5 Å². The average molecular weight is 487 g/mol. The minimum absolute atomic E-state index is 0.0339. The minimum atomic E-state index is -4.14. The van der Waals surface area contributed by atoms with Crippen molar-refractivity contribution in [3.8, 4) is 11.5 Å². The topological polar surface area (TPSA) is 104 Å². The summed E-state index contributed by atoms with van der Waals surface area (Å²) in [7, 11) is -2.73. The highest BCUT2D eigenvalue weighted by molar-refractivity contribution is 7.90. The number of methoxy groups -OCH3 is 1. The summed E-state index contributed by atoms with van der Waals surface area (Å²) >= 11 is 5.98. The molecule has 0 unspecified atom stereocenters. The van der Waals surface area contributed by atoms with Gasteiger partial charge >= 0.3 is 0 Å². The molecule has 1 aliphatic heterocycles. The first kappa shape index (κ1) is 22.6. The van der Waals surface area contributed by atoms with Crippen LogP contribution in [0.5, 0.6) is 11.5 Å². The van der Waals surface area contributed by atoms with E-state index in [1.165, 1.54) is 36.3 Å². The Bertz CT molecular complexity index is 1340. The third kappa shape index (κ3) is 4.24.